The average molecular weight is 360 g/mol. The Hall–Kier alpha value is -1.34. The van der Waals surface area contributed by atoms with Crippen molar-refractivity contribution in [3.8, 4) is 11.5 Å². The molecule has 21 heavy (non-hydrogen) atoms. The Kier molecular flexibility index (Phi) is 5.81. The van der Waals surface area contributed by atoms with E-state index in [-0.39, 0.29) is 13.1 Å². The highest BCUT2D eigenvalue weighted by atomic mass is 79.9. The Bertz CT molecular complexity index is 577. The van der Waals surface area contributed by atoms with Gasteiger partial charge in [-0.2, -0.15) is 0 Å². The van der Waals surface area contributed by atoms with Crippen LogP contribution in [-0.2, 0) is 6.54 Å². The number of nitrogens with zero attached hydrogens (tertiary/aromatic N) is 3. The predicted molar refractivity (Wildman–Crippen MR) is 79.0 cm³/mol. The summed E-state index contributed by atoms with van der Waals surface area (Å²) in [6.45, 7) is 2.46. The summed E-state index contributed by atoms with van der Waals surface area (Å²) in [7, 11) is 0. The Labute approximate surface area is 130 Å². The summed E-state index contributed by atoms with van der Waals surface area (Å²) in [5.41, 5.74) is 0.791. The van der Waals surface area contributed by atoms with E-state index in [2.05, 4.69) is 26.1 Å². The second-order valence-electron chi connectivity index (χ2n) is 4.64. The Morgan fingerprint density at radius 2 is 2.14 bits per heavy atom. The maximum absolute atomic E-state index is 12.5. The van der Waals surface area contributed by atoms with Crippen molar-refractivity contribution in [2.75, 3.05) is 13.1 Å². The Morgan fingerprint density at radius 3 is 2.81 bits per heavy atom. The minimum atomic E-state index is -2.37. The molecule has 0 aliphatic rings. The molecule has 0 N–H and O–H groups in total. The fourth-order valence-corrected chi connectivity index (χ4v) is 2.39. The fraction of sp³-hybridized carbons (Fsp3) is 0.429. The van der Waals surface area contributed by atoms with E-state index in [4.69, 9.17) is 4.42 Å². The molecule has 1 aromatic heterocycles. The lowest BCUT2D eigenvalue weighted by Gasteiger charge is -2.18. The van der Waals surface area contributed by atoms with E-state index in [0.29, 0.717) is 18.3 Å². The van der Waals surface area contributed by atoms with Gasteiger partial charge in [-0.25, -0.2) is 8.78 Å². The zero-order chi connectivity index (χ0) is 15.2. The molecule has 7 heteroatoms. The van der Waals surface area contributed by atoms with Crippen LogP contribution in [0, 0.1) is 0 Å². The van der Waals surface area contributed by atoms with Gasteiger partial charge < -0.3 is 4.42 Å². The van der Waals surface area contributed by atoms with Gasteiger partial charge in [0.2, 0.25) is 11.8 Å². The summed E-state index contributed by atoms with van der Waals surface area (Å²) in [6.07, 6.45) is -1.58. The highest BCUT2D eigenvalue weighted by molar-refractivity contribution is 9.10. The predicted octanol–water partition coefficient (Wildman–Crippen LogP) is 3.98. The van der Waals surface area contributed by atoms with Crippen molar-refractivity contribution >= 4 is 15.9 Å². The lowest BCUT2D eigenvalue weighted by atomic mass is 10.2. The summed E-state index contributed by atoms with van der Waals surface area (Å²) < 4.78 is 31.5. The van der Waals surface area contributed by atoms with E-state index >= 15 is 0 Å². The van der Waals surface area contributed by atoms with Crippen LogP contribution in [-0.4, -0.2) is 34.6 Å². The number of hydrogen-bond donors (Lipinski definition) is 0. The third-order valence-electron chi connectivity index (χ3n) is 2.83. The maximum atomic E-state index is 12.5. The van der Waals surface area contributed by atoms with Crippen LogP contribution >= 0.6 is 15.9 Å². The summed E-state index contributed by atoms with van der Waals surface area (Å²) in [5.74, 6) is 0.735. The van der Waals surface area contributed by atoms with Gasteiger partial charge in [0.1, 0.15) is 0 Å². The van der Waals surface area contributed by atoms with Gasteiger partial charge in [-0.05, 0) is 31.2 Å². The molecule has 0 aliphatic carbocycles. The van der Waals surface area contributed by atoms with Crippen molar-refractivity contribution in [1.82, 2.24) is 15.1 Å². The Balaban J connectivity index is 2.08. The van der Waals surface area contributed by atoms with Gasteiger partial charge in [-0.15, -0.1) is 10.2 Å². The Morgan fingerprint density at radius 1 is 1.33 bits per heavy atom. The van der Waals surface area contributed by atoms with Gasteiger partial charge in [0.25, 0.3) is 6.43 Å². The van der Waals surface area contributed by atoms with E-state index in [9.17, 15) is 8.78 Å². The SMILES string of the molecule is CCCN(Cc1nnc(-c2cccc(Br)c2)o1)CC(F)F. The molecule has 2 rings (SSSR count). The van der Waals surface area contributed by atoms with Crippen LogP contribution in [0.3, 0.4) is 0 Å². The third kappa shape index (κ3) is 4.86. The van der Waals surface area contributed by atoms with Crippen LogP contribution in [0.5, 0.6) is 0 Å². The molecule has 2 aromatic rings. The van der Waals surface area contributed by atoms with Gasteiger partial charge in [-0.1, -0.05) is 28.9 Å². The lowest BCUT2D eigenvalue weighted by molar-refractivity contribution is 0.0805. The molecule has 0 unspecified atom stereocenters. The van der Waals surface area contributed by atoms with Crippen molar-refractivity contribution < 1.29 is 13.2 Å². The standard InChI is InChI=1S/C14H16BrF2N3O/c1-2-6-20(8-12(16)17)9-13-18-19-14(21-13)10-4-3-5-11(15)7-10/h3-5,7,12H,2,6,8-9H2,1H3. The quantitative estimate of drug-likeness (QED) is 0.749. The van der Waals surface area contributed by atoms with Gasteiger partial charge in [0, 0.05) is 10.0 Å². The molecule has 1 aromatic carbocycles. The van der Waals surface area contributed by atoms with Crippen molar-refractivity contribution in [2.24, 2.45) is 0 Å². The number of alkyl halides is 2. The number of halogens is 3. The molecule has 0 aliphatic heterocycles. The lowest BCUT2D eigenvalue weighted by Crippen LogP contribution is -2.29. The number of hydrogen-bond acceptors (Lipinski definition) is 4. The molecular formula is C14H16BrF2N3O. The molecule has 0 fully saturated rings. The van der Waals surface area contributed by atoms with E-state index in [0.717, 1.165) is 16.5 Å². The summed E-state index contributed by atoms with van der Waals surface area (Å²) in [6, 6.07) is 7.47. The van der Waals surface area contributed by atoms with Crippen molar-refractivity contribution in [3.05, 3.63) is 34.6 Å². The van der Waals surface area contributed by atoms with Crippen molar-refractivity contribution in [3.63, 3.8) is 0 Å². The van der Waals surface area contributed by atoms with Crippen molar-refractivity contribution in [1.29, 1.82) is 0 Å². The largest absolute Gasteiger partial charge is 0.419 e. The van der Waals surface area contributed by atoms with Gasteiger partial charge >= 0.3 is 0 Å². The smallest absolute Gasteiger partial charge is 0.251 e. The highest BCUT2D eigenvalue weighted by Gasteiger charge is 2.16. The molecule has 0 amide bonds. The molecule has 114 valence electrons. The van der Waals surface area contributed by atoms with E-state index in [1.54, 1.807) is 4.90 Å². The summed E-state index contributed by atoms with van der Waals surface area (Å²) in [4.78, 5) is 1.61. The topological polar surface area (TPSA) is 42.2 Å². The monoisotopic (exact) mass is 359 g/mol. The molecule has 0 spiro atoms. The van der Waals surface area contributed by atoms with Crippen LogP contribution in [0.1, 0.15) is 19.2 Å². The van der Waals surface area contributed by atoms with Crippen LogP contribution in [0.2, 0.25) is 0 Å². The summed E-state index contributed by atoms with van der Waals surface area (Å²) >= 11 is 3.37. The third-order valence-corrected chi connectivity index (χ3v) is 3.33. The minimum absolute atomic E-state index is 0.235. The molecule has 0 saturated heterocycles. The van der Waals surface area contributed by atoms with Crippen LogP contribution in [0.25, 0.3) is 11.5 Å². The molecular weight excluding hydrogens is 344 g/mol. The van der Waals surface area contributed by atoms with Crippen LogP contribution in [0.4, 0.5) is 8.78 Å². The average Bonchev–Trinajstić information content (AvgIpc) is 2.87. The van der Waals surface area contributed by atoms with Gasteiger partial charge in [0.05, 0.1) is 13.1 Å². The van der Waals surface area contributed by atoms with Gasteiger partial charge in [-0.3, -0.25) is 4.90 Å². The van der Waals surface area contributed by atoms with Crippen LogP contribution in [0.15, 0.2) is 33.2 Å². The molecule has 0 saturated carbocycles. The number of aromatic nitrogens is 2. The molecule has 0 bridgehead atoms. The molecule has 0 atom stereocenters. The first-order valence-corrected chi connectivity index (χ1v) is 7.46. The first-order valence-electron chi connectivity index (χ1n) is 6.67. The molecule has 1 heterocycles. The second-order valence-corrected chi connectivity index (χ2v) is 5.55. The summed E-state index contributed by atoms with van der Waals surface area (Å²) in [5, 5.41) is 7.90. The number of rotatable bonds is 7. The minimum Gasteiger partial charge on any atom is -0.419 e. The van der Waals surface area contributed by atoms with Crippen LogP contribution < -0.4 is 0 Å². The molecule has 4 nitrogen and oxygen atoms in total. The van der Waals surface area contributed by atoms with E-state index in [1.807, 2.05) is 31.2 Å². The van der Waals surface area contributed by atoms with Crippen molar-refractivity contribution in [2.45, 2.75) is 26.3 Å². The van der Waals surface area contributed by atoms with Gasteiger partial charge in [0.15, 0.2) is 0 Å². The molecule has 0 radical (unpaired) electrons. The first-order chi connectivity index (χ1) is 10.1. The zero-order valence-electron chi connectivity index (χ0n) is 11.6. The normalized spacial score (nSPS) is 11.5. The number of benzene rings is 1. The van der Waals surface area contributed by atoms with E-state index < -0.39 is 6.43 Å². The first kappa shape index (κ1) is 16.0. The highest BCUT2D eigenvalue weighted by Crippen LogP contribution is 2.22. The fourth-order valence-electron chi connectivity index (χ4n) is 1.99. The zero-order valence-corrected chi connectivity index (χ0v) is 13.2. The van der Waals surface area contributed by atoms with E-state index in [1.165, 1.54) is 0 Å². The maximum Gasteiger partial charge on any atom is 0.251 e. The second kappa shape index (κ2) is 7.61.